The van der Waals surface area contributed by atoms with Crippen molar-refractivity contribution < 1.29 is 27.6 Å². The van der Waals surface area contributed by atoms with Crippen LogP contribution in [0.5, 0.6) is 23.0 Å². The van der Waals surface area contributed by atoms with Crippen LogP contribution in [0, 0.1) is 13.8 Å². The third kappa shape index (κ3) is 4.29. The molecule has 5 rings (SSSR count). The average molecular weight is 513 g/mol. The highest BCUT2D eigenvalue weighted by Gasteiger charge is 2.48. The Morgan fingerprint density at radius 1 is 0.800 bits per heavy atom. The summed E-state index contributed by atoms with van der Waals surface area (Å²) in [5.41, 5.74) is 1.96. The molecule has 35 heavy (non-hydrogen) atoms. The van der Waals surface area contributed by atoms with Crippen LogP contribution in [0.4, 0.5) is 8.78 Å². The van der Waals surface area contributed by atoms with Gasteiger partial charge in [-0.3, -0.25) is 0 Å². The van der Waals surface area contributed by atoms with Crippen LogP contribution in [0.3, 0.4) is 0 Å². The summed E-state index contributed by atoms with van der Waals surface area (Å²) in [6.07, 6.45) is -3.95. The van der Waals surface area contributed by atoms with Crippen LogP contribution in [-0.2, 0) is 4.57 Å². The van der Waals surface area contributed by atoms with Gasteiger partial charge in [0, 0.05) is 15.9 Å². The Kier molecular flexibility index (Phi) is 5.82. The van der Waals surface area contributed by atoms with Crippen molar-refractivity contribution in [2.24, 2.45) is 0 Å². The molecule has 0 N–H and O–H groups in total. The lowest BCUT2D eigenvalue weighted by atomic mass is 10.2. The van der Waals surface area contributed by atoms with E-state index in [1.54, 1.807) is 54.6 Å². The Hall–Kier alpha value is -3.34. The quantitative estimate of drug-likeness (QED) is 0.279. The Bertz CT molecular complexity index is 1390. The lowest BCUT2D eigenvalue weighted by molar-refractivity contribution is -0.287. The molecule has 0 atom stereocenters. The summed E-state index contributed by atoms with van der Waals surface area (Å²) in [6, 6.07) is 24.4. The van der Waals surface area contributed by atoms with Crippen LogP contribution >= 0.6 is 18.7 Å². The minimum absolute atomic E-state index is 0.0813. The molecule has 1 aliphatic rings. The van der Waals surface area contributed by atoms with Gasteiger partial charge < -0.3 is 18.8 Å². The molecule has 0 bridgehead atoms. The zero-order valence-electron chi connectivity index (χ0n) is 18.8. The number of aryl methyl sites for hydroxylation is 2. The van der Waals surface area contributed by atoms with Gasteiger partial charge in [-0.25, -0.2) is 0 Å². The van der Waals surface area contributed by atoms with Crippen molar-refractivity contribution >= 4 is 34.7 Å². The largest absolute Gasteiger partial charge is 0.586 e. The number of halogens is 3. The molecule has 4 nitrogen and oxygen atoms in total. The highest BCUT2D eigenvalue weighted by Crippen LogP contribution is 2.56. The Morgan fingerprint density at radius 2 is 1.31 bits per heavy atom. The molecule has 178 valence electrons. The summed E-state index contributed by atoms with van der Waals surface area (Å²) in [6.45, 7) is 3.84. The molecule has 0 aliphatic carbocycles. The van der Waals surface area contributed by atoms with Crippen molar-refractivity contribution in [3.63, 3.8) is 0 Å². The van der Waals surface area contributed by atoms with E-state index in [2.05, 4.69) is 0 Å². The summed E-state index contributed by atoms with van der Waals surface area (Å²) in [7, 11) is -3.65. The molecule has 0 saturated heterocycles. The molecule has 0 unspecified atom stereocenters. The fourth-order valence-electron chi connectivity index (χ4n) is 3.88. The second-order valence-electron chi connectivity index (χ2n) is 8.23. The van der Waals surface area contributed by atoms with E-state index in [0.717, 1.165) is 11.1 Å². The number of fused-ring (bicyclic) bond motifs is 1. The minimum atomic E-state index is -3.95. The van der Waals surface area contributed by atoms with Crippen molar-refractivity contribution in [3.05, 3.63) is 101 Å². The summed E-state index contributed by atoms with van der Waals surface area (Å²) < 4.78 is 58.7. The molecular weight excluding hydrogens is 493 g/mol. The van der Waals surface area contributed by atoms with E-state index < -0.39 is 19.2 Å². The van der Waals surface area contributed by atoms with Crippen LogP contribution < -0.4 is 30.1 Å². The standard InChI is InChI=1S/C27H20ClF2O4P/c1-17-8-12-20(13-9-17)35(31,21-14-10-18(2)11-15-21)23-16-22(32-19-6-4-3-5-7-19)25-26(24(23)28)34-27(29,30)33-25/h3-16H,1-2H3. The first-order valence-electron chi connectivity index (χ1n) is 10.8. The molecule has 0 spiro atoms. The maximum Gasteiger partial charge on any atom is 0.586 e. The van der Waals surface area contributed by atoms with Crippen LogP contribution in [0.15, 0.2) is 84.9 Å². The predicted octanol–water partition coefficient (Wildman–Crippen LogP) is 6.71. The van der Waals surface area contributed by atoms with E-state index in [9.17, 15) is 8.78 Å². The lowest BCUT2D eigenvalue weighted by Gasteiger charge is -2.23. The van der Waals surface area contributed by atoms with Gasteiger partial charge in [0.25, 0.3) is 0 Å². The first-order valence-corrected chi connectivity index (χ1v) is 12.9. The lowest BCUT2D eigenvalue weighted by Crippen LogP contribution is -2.27. The fourth-order valence-corrected chi connectivity index (χ4v) is 7.09. The first kappa shape index (κ1) is 23.4. The molecule has 1 heterocycles. The average Bonchev–Trinajstić information content (AvgIpc) is 3.18. The van der Waals surface area contributed by atoms with Gasteiger partial charge in [0.2, 0.25) is 5.75 Å². The van der Waals surface area contributed by atoms with E-state index >= 15 is 4.57 Å². The van der Waals surface area contributed by atoms with Gasteiger partial charge in [-0.05, 0) is 32.0 Å². The summed E-state index contributed by atoms with van der Waals surface area (Å²) in [5, 5.41) is 0.871. The van der Waals surface area contributed by atoms with Gasteiger partial charge >= 0.3 is 6.29 Å². The van der Waals surface area contributed by atoms with E-state index in [4.69, 9.17) is 25.8 Å². The summed E-state index contributed by atoms with van der Waals surface area (Å²) >= 11 is 6.64. The minimum Gasteiger partial charge on any atom is -0.453 e. The SMILES string of the molecule is Cc1ccc(P(=O)(c2ccc(C)cc2)c2cc(Oc3ccccc3)c3c(c2Cl)OC(F)(F)O3)cc1. The number of alkyl halides is 2. The molecule has 0 radical (unpaired) electrons. The van der Waals surface area contributed by atoms with Crippen molar-refractivity contribution in [3.8, 4) is 23.0 Å². The molecule has 0 fully saturated rings. The maximum absolute atomic E-state index is 15.0. The second-order valence-corrected chi connectivity index (χ2v) is 11.3. The number of hydrogen-bond acceptors (Lipinski definition) is 4. The molecule has 4 aromatic carbocycles. The molecule has 4 aromatic rings. The molecule has 0 amide bonds. The van der Waals surface area contributed by atoms with Crippen LogP contribution in [0.25, 0.3) is 0 Å². The Balaban J connectivity index is 1.78. The van der Waals surface area contributed by atoms with Crippen molar-refractivity contribution in [2.75, 3.05) is 0 Å². The van der Waals surface area contributed by atoms with E-state index in [0.29, 0.717) is 16.4 Å². The van der Waals surface area contributed by atoms with Crippen LogP contribution in [-0.4, -0.2) is 6.29 Å². The Morgan fingerprint density at radius 3 is 1.86 bits per heavy atom. The molecule has 0 aromatic heterocycles. The number of hydrogen-bond donors (Lipinski definition) is 0. The van der Waals surface area contributed by atoms with Crippen molar-refractivity contribution in [1.29, 1.82) is 0 Å². The predicted molar refractivity (Wildman–Crippen MR) is 133 cm³/mol. The van der Waals surface area contributed by atoms with E-state index in [1.165, 1.54) is 6.07 Å². The third-order valence-electron chi connectivity index (χ3n) is 5.67. The first-order chi connectivity index (χ1) is 16.7. The Labute approximate surface area is 206 Å². The summed E-state index contributed by atoms with van der Waals surface area (Å²) in [5.74, 6) is -0.476. The maximum atomic E-state index is 15.0. The number of rotatable bonds is 5. The van der Waals surface area contributed by atoms with E-state index in [1.807, 2.05) is 38.1 Å². The summed E-state index contributed by atoms with van der Waals surface area (Å²) in [4.78, 5) is 0. The van der Waals surface area contributed by atoms with Gasteiger partial charge in [0.05, 0.1) is 5.02 Å². The van der Waals surface area contributed by atoms with Gasteiger partial charge in [-0.2, -0.15) is 0 Å². The normalized spacial score (nSPS) is 14.1. The highest BCUT2D eigenvalue weighted by atomic mass is 35.5. The zero-order chi connectivity index (χ0) is 24.8. The third-order valence-corrected chi connectivity index (χ3v) is 9.26. The number of para-hydroxylation sites is 1. The van der Waals surface area contributed by atoms with Gasteiger partial charge in [0.1, 0.15) is 5.75 Å². The number of ether oxygens (including phenoxy) is 3. The molecule has 1 aliphatic heterocycles. The van der Waals surface area contributed by atoms with Crippen molar-refractivity contribution in [1.82, 2.24) is 0 Å². The smallest absolute Gasteiger partial charge is 0.453 e. The van der Waals surface area contributed by atoms with Gasteiger partial charge in [-0.1, -0.05) is 89.5 Å². The fraction of sp³-hybridized carbons (Fsp3) is 0.111. The van der Waals surface area contributed by atoms with Gasteiger partial charge in [0.15, 0.2) is 18.6 Å². The monoisotopic (exact) mass is 512 g/mol. The number of benzene rings is 4. The van der Waals surface area contributed by atoms with Crippen molar-refractivity contribution in [2.45, 2.75) is 20.1 Å². The highest BCUT2D eigenvalue weighted by molar-refractivity contribution is 7.85. The zero-order valence-corrected chi connectivity index (χ0v) is 20.4. The van der Waals surface area contributed by atoms with Crippen LogP contribution in [0.1, 0.15) is 11.1 Å². The topological polar surface area (TPSA) is 44.8 Å². The van der Waals surface area contributed by atoms with Gasteiger partial charge in [-0.15, -0.1) is 8.78 Å². The molecular formula is C27H20ClF2O4P. The molecule has 8 heteroatoms. The molecule has 0 saturated carbocycles. The van der Waals surface area contributed by atoms with Crippen LogP contribution in [0.2, 0.25) is 5.02 Å². The van der Waals surface area contributed by atoms with E-state index in [-0.39, 0.29) is 21.8 Å². The second kappa shape index (κ2) is 8.71.